The molecule has 20 heavy (non-hydrogen) atoms. The summed E-state index contributed by atoms with van der Waals surface area (Å²) in [5.41, 5.74) is 11.2. The third-order valence-electron chi connectivity index (χ3n) is 3.43. The fourth-order valence-electron chi connectivity index (χ4n) is 2.31. The van der Waals surface area contributed by atoms with Crippen molar-refractivity contribution in [1.29, 1.82) is 0 Å². The molecule has 5 nitrogen and oxygen atoms in total. The second kappa shape index (κ2) is 4.45. The maximum atomic E-state index is 11.3. The van der Waals surface area contributed by atoms with Crippen LogP contribution in [0.1, 0.15) is 5.56 Å². The zero-order valence-corrected chi connectivity index (χ0v) is 11.4. The third-order valence-corrected chi connectivity index (χ3v) is 3.43. The molecule has 0 saturated heterocycles. The Labute approximate surface area is 116 Å². The highest BCUT2D eigenvalue weighted by Crippen LogP contribution is 2.30. The van der Waals surface area contributed by atoms with Crippen LogP contribution in [0.25, 0.3) is 11.0 Å². The minimum Gasteiger partial charge on any atom is -0.397 e. The highest BCUT2D eigenvalue weighted by atomic mass is 16.1. The number of rotatable bonds is 2. The summed E-state index contributed by atoms with van der Waals surface area (Å²) >= 11 is 0. The number of nitrogens with two attached hydrogens (primary N) is 1. The first-order valence-electron chi connectivity index (χ1n) is 6.36. The van der Waals surface area contributed by atoms with Crippen LogP contribution in [0.4, 0.5) is 17.1 Å². The molecule has 2 aromatic carbocycles. The molecule has 0 amide bonds. The van der Waals surface area contributed by atoms with Gasteiger partial charge >= 0.3 is 5.69 Å². The van der Waals surface area contributed by atoms with Gasteiger partial charge < -0.3 is 20.6 Å². The number of benzene rings is 2. The number of hydrogen-bond acceptors (Lipinski definition) is 3. The summed E-state index contributed by atoms with van der Waals surface area (Å²) in [4.78, 5) is 18.8. The van der Waals surface area contributed by atoms with E-state index in [1.807, 2.05) is 55.3 Å². The van der Waals surface area contributed by atoms with Gasteiger partial charge in [-0.2, -0.15) is 0 Å². The topological polar surface area (TPSA) is 77.9 Å². The Kier molecular flexibility index (Phi) is 2.75. The van der Waals surface area contributed by atoms with E-state index in [1.165, 1.54) is 0 Å². The van der Waals surface area contributed by atoms with Crippen molar-refractivity contribution in [2.24, 2.45) is 0 Å². The van der Waals surface area contributed by atoms with Crippen molar-refractivity contribution in [3.63, 3.8) is 0 Å². The quantitative estimate of drug-likeness (QED) is 0.625. The van der Waals surface area contributed by atoms with Gasteiger partial charge in [0.2, 0.25) is 0 Å². The van der Waals surface area contributed by atoms with Crippen molar-refractivity contribution in [2.75, 3.05) is 17.7 Å². The monoisotopic (exact) mass is 268 g/mol. The first-order valence-corrected chi connectivity index (χ1v) is 6.36. The molecule has 0 spiro atoms. The summed E-state index contributed by atoms with van der Waals surface area (Å²) in [6.45, 7) is 2.03. The molecule has 4 N–H and O–H groups in total. The summed E-state index contributed by atoms with van der Waals surface area (Å²) in [7, 11) is 1.96. The lowest BCUT2D eigenvalue weighted by Gasteiger charge is -2.21. The van der Waals surface area contributed by atoms with Gasteiger partial charge in [-0.3, -0.25) is 0 Å². The van der Waals surface area contributed by atoms with Gasteiger partial charge in [-0.1, -0.05) is 6.07 Å². The number of H-pyrrole nitrogens is 2. The molecule has 1 aromatic heterocycles. The molecule has 102 valence electrons. The molecule has 0 aliphatic carbocycles. The van der Waals surface area contributed by atoms with E-state index in [0.717, 1.165) is 33.7 Å². The van der Waals surface area contributed by atoms with Crippen LogP contribution in [0.5, 0.6) is 0 Å². The van der Waals surface area contributed by atoms with Crippen molar-refractivity contribution in [1.82, 2.24) is 9.97 Å². The SMILES string of the molecule is Cc1ccc(N)c(N(C)c2ccc3[nH]c(=O)[nH]c3c2)c1. The molecule has 0 fully saturated rings. The number of nitrogens with one attached hydrogen (secondary N) is 2. The van der Waals surface area contributed by atoms with Gasteiger partial charge in [-0.05, 0) is 42.8 Å². The minimum absolute atomic E-state index is 0.199. The van der Waals surface area contributed by atoms with Crippen LogP contribution in [-0.2, 0) is 0 Å². The fraction of sp³-hybridized carbons (Fsp3) is 0.133. The molecule has 3 aromatic rings. The van der Waals surface area contributed by atoms with Gasteiger partial charge in [0.25, 0.3) is 0 Å². The number of aryl methyl sites for hydroxylation is 1. The number of hydrogen-bond donors (Lipinski definition) is 3. The van der Waals surface area contributed by atoms with E-state index in [-0.39, 0.29) is 5.69 Å². The molecule has 0 aliphatic heterocycles. The van der Waals surface area contributed by atoms with E-state index in [2.05, 4.69) is 9.97 Å². The number of aromatic amines is 2. The lowest BCUT2D eigenvalue weighted by atomic mass is 10.1. The van der Waals surface area contributed by atoms with E-state index in [9.17, 15) is 4.79 Å². The molecule has 0 unspecified atom stereocenters. The second-order valence-electron chi connectivity index (χ2n) is 4.93. The van der Waals surface area contributed by atoms with Gasteiger partial charge in [-0.15, -0.1) is 0 Å². The Morgan fingerprint density at radius 2 is 1.80 bits per heavy atom. The third kappa shape index (κ3) is 2.03. The standard InChI is InChI=1S/C15H16N4O/c1-9-3-5-11(16)14(7-9)19(2)10-4-6-12-13(8-10)18-15(20)17-12/h3-8H,16H2,1-2H3,(H2,17,18,20). The van der Waals surface area contributed by atoms with Crippen molar-refractivity contribution in [2.45, 2.75) is 6.92 Å². The number of imidazole rings is 1. The van der Waals surface area contributed by atoms with Crippen LogP contribution in [0.15, 0.2) is 41.2 Å². The summed E-state index contributed by atoms with van der Waals surface area (Å²) < 4.78 is 0. The van der Waals surface area contributed by atoms with E-state index in [4.69, 9.17) is 5.73 Å². The summed E-state index contributed by atoms with van der Waals surface area (Å²) in [6, 6.07) is 11.7. The van der Waals surface area contributed by atoms with Crippen LogP contribution in [-0.4, -0.2) is 17.0 Å². The van der Waals surface area contributed by atoms with E-state index in [0.29, 0.717) is 0 Å². The molecule has 1 heterocycles. The summed E-state index contributed by atoms with van der Waals surface area (Å²) in [5.74, 6) is 0. The fourth-order valence-corrected chi connectivity index (χ4v) is 2.31. The van der Waals surface area contributed by atoms with Crippen molar-refractivity contribution in [3.8, 4) is 0 Å². The Hall–Kier alpha value is -2.69. The average molecular weight is 268 g/mol. The maximum absolute atomic E-state index is 11.3. The Bertz CT molecular complexity index is 831. The molecular weight excluding hydrogens is 252 g/mol. The van der Waals surface area contributed by atoms with E-state index < -0.39 is 0 Å². The lowest BCUT2D eigenvalue weighted by molar-refractivity contribution is 1.20. The molecular formula is C15H16N4O. The number of aromatic nitrogens is 2. The molecule has 3 rings (SSSR count). The smallest absolute Gasteiger partial charge is 0.323 e. The molecule has 0 aliphatic rings. The Morgan fingerprint density at radius 3 is 2.60 bits per heavy atom. The molecule has 0 bridgehead atoms. The summed E-state index contributed by atoms with van der Waals surface area (Å²) in [5, 5.41) is 0. The van der Waals surface area contributed by atoms with Crippen LogP contribution < -0.4 is 16.3 Å². The molecule has 5 heteroatoms. The van der Waals surface area contributed by atoms with Crippen LogP contribution >= 0.6 is 0 Å². The Morgan fingerprint density at radius 1 is 1.05 bits per heavy atom. The first kappa shape index (κ1) is 12.3. The summed E-state index contributed by atoms with van der Waals surface area (Å²) in [6.07, 6.45) is 0. The van der Waals surface area contributed by atoms with Crippen molar-refractivity contribution < 1.29 is 0 Å². The maximum Gasteiger partial charge on any atom is 0.323 e. The number of nitrogen functional groups attached to an aromatic ring is 1. The van der Waals surface area contributed by atoms with Crippen molar-refractivity contribution in [3.05, 3.63) is 52.4 Å². The lowest BCUT2D eigenvalue weighted by Crippen LogP contribution is -2.11. The van der Waals surface area contributed by atoms with Crippen molar-refractivity contribution >= 4 is 28.1 Å². The predicted octanol–water partition coefficient (Wildman–Crippen LogP) is 2.51. The van der Waals surface area contributed by atoms with Gasteiger partial charge in [0.1, 0.15) is 0 Å². The highest BCUT2D eigenvalue weighted by Gasteiger charge is 2.09. The number of anilines is 3. The molecule has 0 atom stereocenters. The first-order chi connectivity index (χ1) is 9.54. The highest BCUT2D eigenvalue weighted by molar-refractivity contribution is 5.83. The van der Waals surface area contributed by atoms with Gasteiger partial charge in [-0.25, -0.2) is 4.79 Å². The molecule has 0 radical (unpaired) electrons. The number of nitrogens with zero attached hydrogens (tertiary/aromatic N) is 1. The van der Waals surface area contributed by atoms with E-state index >= 15 is 0 Å². The van der Waals surface area contributed by atoms with Gasteiger partial charge in [0.05, 0.1) is 22.4 Å². The average Bonchev–Trinajstić information content (AvgIpc) is 2.79. The largest absolute Gasteiger partial charge is 0.397 e. The Balaban J connectivity index is 2.09. The minimum atomic E-state index is -0.199. The van der Waals surface area contributed by atoms with E-state index in [1.54, 1.807) is 0 Å². The zero-order chi connectivity index (χ0) is 14.3. The molecule has 0 saturated carbocycles. The number of fused-ring (bicyclic) bond motifs is 1. The zero-order valence-electron chi connectivity index (χ0n) is 11.4. The predicted molar refractivity (Wildman–Crippen MR) is 82.6 cm³/mol. The van der Waals surface area contributed by atoms with Crippen LogP contribution in [0.2, 0.25) is 0 Å². The van der Waals surface area contributed by atoms with Crippen LogP contribution in [0, 0.1) is 6.92 Å². The second-order valence-corrected chi connectivity index (χ2v) is 4.93. The normalized spacial score (nSPS) is 10.9. The van der Waals surface area contributed by atoms with Gasteiger partial charge in [0.15, 0.2) is 0 Å². The van der Waals surface area contributed by atoms with Gasteiger partial charge in [0, 0.05) is 12.7 Å². The van der Waals surface area contributed by atoms with Crippen LogP contribution in [0.3, 0.4) is 0 Å².